The van der Waals surface area contributed by atoms with Crippen molar-refractivity contribution in [2.75, 3.05) is 19.7 Å². The number of benzene rings is 1. The SMILES string of the molecule is CCN(CCO)C(=O)c1cc2c(C)nn(Cc3ccc(Cl)cc3)c2s1. The molecule has 0 bridgehead atoms. The van der Waals surface area contributed by atoms with E-state index in [2.05, 4.69) is 5.10 Å². The van der Waals surface area contributed by atoms with Crippen LogP contribution in [0.15, 0.2) is 30.3 Å². The van der Waals surface area contributed by atoms with Gasteiger partial charge in [0.05, 0.1) is 23.7 Å². The monoisotopic (exact) mass is 377 g/mol. The first-order valence-electron chi connectivity index (χ1n) is 8.15. The molecule has 0 aliphatic carbocycles. The number of aryl methyl sites for hydroxylation is 1. The molecule has 0 aliphatic rings. The molecule has 0 spiro atoms. The number of nitrogens with zero attached hydrogens (tertiary/aromatic N) is 3. The number of thiophene rings is 1. The van der Waals surface area contributed by atoms with Gasteiger partial charge in [-0.1, -0.05) is 23.7 Å². The molecule has 0 saturated heterocycles. The predicted molar refractivity (Wildman–Crippen MR) is 102 cm³/mol. The van der Waals surface area contributed by atoms with E-state index in [1.165, 1.54) is 11.3 Å². The molecule has 0 unspecified atom stereocenters. The first-order chi connectivity index (χ1) is 12.0. The second-order valence-corrected chi connectivity index (χ2v) is 7.27. The Labute approximate surface area is 155 Å². The number of aliphatic hydroxyl groups excluding tert-OH is 1. The van der Waals surface area contributed by atoms with Crippen molar-refractivity contribution in [3.63, 3.8) is 0 Å². The normalized spacial score (nSPS) is 11.2. The standard InChI is InChI=1S/C18H20ClN3O2S/c1-3-21(8-9-23)17(24)16-10-15-12(2)20-22(18(15)25-16)11-13-4-6-14(19)7-5-13/h4-7,10,23H,3,8-9,11H2,1-2H3. The van der Waals surface area contributed by atoms with Crippen molar-refractivity contribution >= 4 is 39.1 Å². The average molecular weight is 378 g/mol. The van der Waals surface area contributed by atoms with E-state index >= 15 is 0 Å². The first-order valence-corrected chi connectivity index (χ1v) is 9.34. The first kappa shape index (κ1) is 17.9. The van der Waals surface area contributed by atoms with Crippen molar-refractivity contribution in [2.45, 2.75) is 20.4 Å². The lowest BCUT2D eigenvalue weighted by molar-refractivity contribution is 0.0737. The molecule has 5 nitrogen and oxygen atoms in total. The number of amides is 1. The number of rotatable bonds is 6. The fourth-order valence-corrected chi connectivity index (χ4v) is 4.02. The third-order valence-corrected chi connectivity index (χ3v) is 5.49. The van der Waals surface area contributed by atoms with Gasteiger partial charge in [0.25, 0.3) is 5.91 Å². The Morgan fingerprint density at radius 1 is 1.36 bits per heavy atom. The van der Waals surface area contributed by atoms with E-state index in [0.717, 1.165) is 21.5 Å². The third kappa shape index (κ3) is 3.71. The van der Waals surface area contributed by atoms with Crippen molar-refractivity contribution < 1.29 is 9.90 Å². The van der Waals surface area contributed by atoms with E-state index in [9.17, 15) is 4.79 Å². The van der Waals surface area contributed by atoms with Crippen LogP contribution in [0.25, 0.3) is 10.2 Å². The van der Waals surface area contributed by atoms with Crippen LogP contribution in [0.3, 0.4) is 0 Å². The van der Waals surface area contributed by atoms with E-state index in [1.807, 2.05) is 48.9 Å². The van der Waals surface area contributed by atoms with Crippen molar-refractivity contribution in [3.8, 4) is 0 Å². The number of hydrogen-bond acceptors (Lipinski definition) is 4. The van der Waals surface area contributed by atoms with Gasteiger partial charge in [0.15, 0.2) is 0 Å². The molecule has 1 aromatic carbocycles. The number of aromatic nitrogens is 2. The van der Waals surface area contributed by atoms with Crippen LogP contribution in [0.1, 0.15) is 27.9 Å². The Hall–Kier alpha value is -1.89. The van der Waals surface area contributed by atoms with Crippen LogP contribution in [0.2, 0.25) is 5.02 Å². The van der Waals surface area contributed by atoms with Crippen LogP contribution in [0.4, 0.5) is 0 Å². The molecule has 0 saturated carbocycles. The molecule has 2 heterocycles. The highest BCUT2D eigenvalue weighted by Crippen LogP contribution is 2.29. The van der Waals surface area contributed by atoms with Crippen molar-refractivity contribution in [1.29, 1.82) is 0 Å². The van der Waals surface area contributed by atoms with Crippen molar-refractivity contribution in [1.82, 2.24) is 14.7 Å². The molecule has 0 aliphatic heterocycles. The summed E-state index contributed by atoms with van der Waals surface area (Å²) < 4.78 is 1.93. The van der Waals surface area contributed by atoms with E-state index in [4.69, 9.17) is 16.7 Å². The molecule has 1 N–H and O–H groups in total. The summed E-state index contributed by atoms with van der Waals surface area (Å²) >= 11 is 7.39. The summed E-state index contributed by atoms with van der Waals surface area (Å²) in [5.74, 6) is -0.0461. The maximum atomic E-state index is 12.6. The Kier molecular flexibility index (Phi) is 5.42. The highest BCUT2D eigenvalue weighted by atomic mass is 35.5. The molecule has 3 rings (SSSR count). The van der Waals surface area contributed by atoms with Crippen LogP contribution < -0.4 is 0 Å². The smallest absolute Gasteiger partial charge is 0.264 e. The van der Waals surface area contributed by atoms with Crippen LogP contribution in [-0.2, 0) is 6.54 Å². The van der Waals surface area contributed by atoms with E-state index < -0.39 is 0 Å². The second-order valence-electron chi connectivity index (χ2n) is 5.81. The molecular weight excluding hydrogens is 358 g/mol. The van der Waals surface area contributed by atoms with Gasteiger partial charge in [0.2, 0.25) is 0 Å². The number of carbonyl (C=O) groups is 1. The fourth-order valence-electron chi connectivity index (χ4n) is 2.77. The predicted octanol–water partition coefficient (Wildman–Crippen LogP) is 3.56. The van der Waals surface area contributed by atoms with Gasteiger partial charge >= 0.3 is 0 Å². The van der Waals surface area contributed by atoms with E-state index in [-0.39, 0.29) is 12.5 Å². The van der Waals surface area contributed by atoms with Gasteiger partial charge in [-0.25, -0.2) is 0 Å². The Balaban J connectivity index is 1.92. The summed E-state index contributed by atoms with van der Waals surface area (Å²) in [7, 11) is 0. The zero-order valence-electron chi connectivity index (χ0n) is 14.2. The molecule has 0 fully saturated rings. The number of hydrogen-bond donors (Lipinski definition) is 1. The molecule has 7 heteroatoms. The Morgan fingerprint density at radius 3 is 2.72 bits per heavy atom. The topological polar surface area (TPSA) is 58.4 Å². The van der Waals surface area contributed by atoms with Gasteiger partial charge in [0.1, 0.15) is 4.83 Å². The summed E-state index contributed by atoms with van der Waals surface area (Å²) in [6.45, 7) is 5.38. The van der Waals surface area contributed by atoms with Crippen molar-refractivity contribution in [2.24, 2.45) is 0 Å². The second kappa shape index (κ2) is 7.56. The number of carbonyl (C=O) groups excluding carboxylic acids is 1. The maximum absolute atomic E-state index is 12.6. The van der Waals surface area contributed by atoms with E-state index in [0.29, 0.717) is 29.5 Å². The minimum Gasteiger partial charge on any atom is -0.395 e. The van der Waals surface area contributed by atoms with Crippen LogP contribution in [0, 0.1) is 6.92 Å². The zero-order valence-corrected chi connectivity index (χ0v) is 15.8. The molecular formula is C18H20ClN3O2S. The summed E-state index contributed by atoms with van der Waals surface area (Å²) in [4.78, 5) is 15.9. The lowest BCUT2D eigenvalue weighted by atomic mass is 10.2. The minimum absolute atomic E-state index is 0.0339. The van der Waals surface area contributed by atoms with Gasteiger partial charge < -0.3 is 10.0 Å². The fraction of sp³-hybridized carbons (Fsp3) is 0.333. The molecule has 0 radical (unpaired) electrons. The largest absolute Gasteiger partial charge is 0.395 e. The van der Waals surface area contributed by atoms with Gasteiger partial charge in [-0.15, -0.1) is 11.3 Å². The number of likely N-dealkylation sites (N-methyl/N-ethyl adjacent to an activating group) is 1. The van der Waals surface area contributed by atoms with Gasteiger partial charge in [-0.2, -0.15) is 5.10 Å². The summed E-state index contributed by atoms with van der Waals surface area (Å²) in [5.41, 5.74) is 2.01. The van der Waals surface area contributed by atoms with Gasteiger partial charge in [0, 0.05) is 23.5 Å². The lowest BCUT2D eigenvalue weighted by Gasteiger charge is -2.18. The number of fused-ring (bicyclic) bond motifs is 1. The van der Waals surface area contributed by atoms with Crippen LogP contribution in [0.5, 0.6) is 0 Å². The van der Waals surface area contributed by atoms with Crippen molar-refractivity contribution in [3.05, 3.63) is 51.5 Å². The molecule has 25 heavy (non-hydrogen) atoms. The average Bonchev–Trinajstić information content (AvgIpc) is 3.16. The van der Waals surface area contributed by atoms with E-state index in [1.54, 1.807) is 4.90 Å². The summed E-state index contributed by atoms with van der Waals surface area (Å²) in [5, 5.41) is 15.4. The third-order valence-electron chi connectivity index (χ3n) is 4.10. The maximum Gasteiger partial charge on any atom is 0.264 e. The zero-order chi connectivity index (χ0) is 18.0. The number of aliphatic hydroxyl groups is 1. The lowest BCUT2D eigenvalue weighted by Crippen LogP contribution is -2.32. The van der Waals surface area contributed by atoms with Crippen LogP contribution in [-0.4, -0.2) is 45.4 Å². The van der Waals surface area contributed by atoms with Gasteiger partial charge in [-0.05, 0) is 37.6 Å². The summed E-state index contributed by atoms with van der Waals surface area (Å²) in [6.07, 6.45) is 0. The summed E-state index contributed by atoms with van der Waals surface area (Å²) in [6, 6.07) is 9.59. The Morgan fingerprint density at radius 2 is 2.08 bits per heavy atom. The molecule has 2 aromatic heterocycles. The quantitative estimate of drug-likeness (QED) is 0.714. The van der Waals surface area contributed by atoms with Gasteiger partial charge in [-0.3, -0.25) is 9.48 Å². The molecule has 0 atom stereocenters. The molecule has 132 valence electrons. The van der Waals surface area contributed by atoms with Crippen LogP contribution >= 0.6 is 22.9 Å². The highest BCUT2D eigenvalue weighted by Gasteiger charge is 2.20. The Bertz CT molecular complexity index is 886. The molecule has 3 aromatic rings. The number of halogens is 1. The minimum atomic E-state index is -0.0461. The highest BCUT2D eigenvalue weighted by molar-refractivity contribution is 7.20. The molecule has 1 amide bonds.